The number of hydrogen-bond donors (Lipinski definition) is 0. The Hall–Kier alpha value is -1.78. The lowest BCUT2D eigenvalue weighted by molar-refractivity contribution is -0.149. The molecule has 5 nitrogen and oxygen atoms in total. The van der Waals surface area contributed by atoms with E-state index in [2.05, 4.69) is 4.74 Å². The number of esters is 1. The van der Waals surface area contributed by atoms with E-state index in [0.717, 1.165) is 0 Å². The van der Waals surface area contributed by atoms with Crippen LogP contribution >= 0.6 is 0 Å². The first kappa shape index (κ1) is 10.7. The molecule has 1 atom stereocenters. The van der Waals surface area contributed by atoms with Crippen molar-refractivity contribution < 1.29 is 18.7 Å². The van der Waals surface area contributed by atoms with Crippen molar-refractivity contribution >= 4 is 11.9 Å². The summed E-state index contributed by atoms with van der Waals surface area (Å²) < 4.78 is 9.83. The first-order valence-electron chi connectivity index (χ1n) is 5.12. The van der Waals surface area contributed by atoms with Crippen LogP contribution in [0, 0.1) is 0 Å². The second-order valence-electron chi connectivity index (χ2n) is 3.68. The van der Waals surface area contributed by atoms with Crippen molar-refractivity contribution in [2.24, 2.45) is 0 Å². The summed E-state index contributed by atoms with van der Waals surface area (Å²) in [5, 5.41) is 0. The predicted octanol–water partition coefficient (Wildman–Crippen LogP) is 0.944. The van der Waals surface area contributed by atoms with Crippen molar-refractivity contribution in [2.75, 3.05) is 7.11 Å². The van der Waals surface area contributed by atoms with Crippen LogP contribution < -0.4 is 0 Å². The number of nitrogens with zero attached hydrogens (tertiary/aromatic N) is 1. The van der Waals surface area contributed by atoms with Gasteiger partial charge in [0.2, 0.25) is 5.91 Å². The third-order valence-corrected chi connectivity index (χ3v) is 2.71. The van der Waals surface area contributed by atoms with E-state index in [-0.39, 0.29) is 11.9 Å². The summed E-state index contributed by atoms with van der Waals surface area (Å²) >= 11 is 0. The fourth-order valence-corrected chi connectivity index (χ4v) is 1.88. The number of carbonyl (C=O) groups excluding carboxylic acids is 2. The smallest absolute Gasteiger partial charge is 0.328 e. The molecule has 0 N–H and O–H groups in total. The van der Waals surface area contributed by atoms with Crippen molar-refractivity contribution in [2.45, 2.75) is 25.4 Å². The minimum atomic E-state index is -0.470. The van der Waals surface area contributed by atoms with Gasteiger partial charge in [0.25, 0.3) is 0 Å². The van der Waals surface area contributed by atoms with Crippen LogP contribution in [-0.2, 0) is 20.9 Å². The van der Waals surface area contributed by atoms with E-state index in [1.165, 1.54) is 12.0 Å². The summed E-state index contributed by atoms with van der Waals surface area (Å²) in [5.41, 5.74) is 0. The fourth-order valence-electron chi connectivity index (χ4n) is 1.88. The predicted molar refractivity (Wildman–Crippen MR) is 54.3 cm³/mol. The van der Waals surface area contributed by atoms with Crippen LogP contribution in [0.4, 0.5) is 0 Å². The van der Waals surface area contributed by atoms with Gasteiger partial charge in [0, 0.05) is 6.42 Å². The molecule has 0 aromatic carbocycles. The van der Waals surface area contributed by atoms with Crippen LogP contribution in [0.15, 0.2) is 22.8 Å². The molecule has 1 aromatic heterocycles. The highest BCUT2D eigenvalue weighted by atomic mass is 16.5. The van der Waals surface area contributed by atoms with Gasteiger partial charge in [-0.25, -0.2) is 4.79 Å². The Morgan fingerprint density at radius 3 is 3.12 bits per heavy atom. The quantitative estimate of drug-likeness (QED) is 0.715. The van der Waals surface area contributed by atoms with Crippen LogP contribution in [0.1, 0.15) is 18.6 Å². The molecule has 2 rings (SSSR count). The van der Waals surface area contributed by atoms with Crippen LogP contribution in [0.25, 0.3) is 0 Å². The van der Waals surface area contributed by atoms with Gasteiger partial charge in [-0.2, -0.15) is 0 Å². The molecule has 0 saturated carbocycles. The highest BCUT2D eigenvalue weighted by Crippen LogP contribution is 2.22. The average molecular weight is 223 g/mol. The summed E-state index contributed by atoms with van der Waals surface area (Å²) in [5.74, 6) is 0.272. The van der Waals surface area contributed by atoms with Gasteiger partial charge in [-0.05, 0) is 18.6 Å². The SMILES string of the molecule is COC(=O)C1CCC(=O)N1Cc1ccco1. The van der Waals surface area contributed by atoms with Gasteiger partial charge in [0.15, 0.2) is 0 Å². The number of methoxy groups -OCH3 is 1. The molecule has 1 fully saturated rings. The molecule has 1 aliphatic rings. The molecule has 16 heavy (non-hydrogen) atoms. The zero-order chi connectivity index (χ0) is 11.5. The van der Waals surface area contributed by atoms with E-state index >= 15 is 0 Å². The Bertz CT molecular complexity index is 385. The van der Waals surface area contributed by atoms with Gasteiger partial charge >= 0.3 is 5.97 Å². The van der Waals surface area contributed by atoms with E-state index in [1.54, 1.807) is 18.4 Å². The average Bonchev–Trinajstić information content (AvgIpc) is 2.90. The van der Waals surface area contributed by atoms with Crippen LogP contribution in [0.5, 0.6) is 0 Å². The number of ether oxygens (including phenoxy) is 1. The fraction of sp³-hybridized carbons (Fsp3) is 0.455. The van der Waals surface area contributed by atoms with Gasteiger partial charge in [-0.1, -0.05) is 0 Å². The van der Waals surface area contributed by atoms with Crippen LogP contribution in [-0.4, -0.2) is 29.9 Å². The molecule has 0 aliphatic carbocycles. The molecule has 5 heteroatoms. The zero-order valence-corrected chi connectivity index (χ0v) is 9.01. The highest BCUT2D eigenvalue weighted by Gasteiger charge is 2.37. The normalized spacial score (nSPS) is 20.2. The second kappa shape index (κ2) is 4.38. The van der Waals surface area contributed by atoms with Crippen molar-refractivity contribution in [3.8, 4) is 0 Å². The molecule has 86 valence electrons. The molecular weight excluding hydrogens is 210 g/mol. The van der Waals surface area contributed by atoms with E-state index in [4.69, 9.17) is 4.42 Å². The Kier molecular flexibility index (Phi) is 2.94. The summed E-state index contributed by atoms with van der Waals surface area (Å²) in [6.45, 7) is 0.325. The molecule has 1 amide bonds. The number of likely N-dealkylation sites (tertiary alicyclic amines) is 1. The number of carbonyl (C=O) groups is 2. The number of furan rings is 1. The summed E-state index contributed by atoms with van der Waals surface area (Å²) in [6, 6.07) is 3.06. The number of rotatable bonds is 3. The first-order chi connectivity index (χ1) is 7.72. The third-order valence-electron chi connectivity index (χ3n) is 2.71. The molecule has 1 aliphatic heterocycles. The van der Waals surface area contributed by atoms with Gasteiger partial charge in [0.1, 0.15) is 11.8 Å². The van der Waals surface area contributed by atoms with Gasteiger partial charge in [0.05, 0.1) is 19.9 Å². The Balaban J connectivity index is 2.10. The molecule has 0 spiro atoms. The Morgan fingerprint density at radius 2 is 2.50 bits per heavy atom. The van der Waals surface area contributed by atoms with E-state index in [0.29, 0.717) is 25.1 Å². The molecule has 1 saturated heterocycles. The third kappa shape index (κ3) is 1.93. The van der Waals surface area contributed by atoms with Gasteiger partial charge in [-0.3, -0.25) is 4.79 Å². The molecule has 1 aromatic rings. The lowest BCUT2D eigenvalue weighted by Gasteiger charge is -2.21. The number of hydrogen-bond acceptors (Lipinski definition) is 4. The molecule has 0 radical (unpaired) electrons. The minimum absolute atomic E-state index is 0.0354. The summed E-state index contributed by atoms with van der Waals surface area (Å²) in [7, 11) is 1.33. The van der Waals surface area contributed by atoms with Crippen LogP contribution in [0.3, 0.4) is 0 Å². The van der Waals surface area contributed by atoms with E-state index in [9.17, 15) is 9.59 Å². The van der Waals surface area contributed by atoms with Gasteiger partial charge in [-0.15, -0.1) is 0 Å². The summed E-state index contributed by atoms with van der Waals surface area (Å²) in [4.78, 5) is 24.6. The second-order valence-corrected chi connectivity index (χ2v) is 3.68. The topological polar surface area (TPSA) is 59.8 Å². The van der Waals surface area contributed by atoms with Crippen molar-refractivity contribution in [3.05, 3.63) is 24.2 Å². The van der Waals surface area contributed by atoms with Crippen molar-refractivity contribution in [3.63, 3.8) is 0 Å². The minimum Gasteiger partial charge on any atom is -0.467 e. The van der Waals surface area contributed by atoms with Crippen molar-refractivity contribution in [1.82, 2.24) is 4.90 Å². The molecule has 2 heterocycles. The highest BCUT2D eigenvalue weighted by molar-refractivity contribution is 5.88. The first-order valence-corrected chi connectivity index (χ1v) is 5.12. The maximum atomic E-state index is 11.6. The van der Waals surface area contributed by atoms with E-state index in [1.807, 2.05) is 0 Å². The standard InChI is InChI=1S/C11H13NO4/c1-15-11(14)9-4-5-10(13)12(9)7-8-3-2-6-16-8/h2-3,6,9H,4-5,7H2,1H3. The Labute approximate surface area is 93.0 Å². The van der Waals surface area contributed by atoms with Crippen LogP contribution in [0.2, 0.25) is 0 Å². The maximum absolute atomic E-state index is 11.6. The Morgan fingerprint density at radius 1 is 1.69 bits per heavy atom. The lowest BCUT2D eigenvalue weighted by Crippen LogP contribution is -2.38. The van der Waals surface area contributed by atoms with Crippen molar-refractivity contribution in [1.29, 1.82) is 0 Å². The van der Waals surface area contributed by atoms with E-state index < -0.39 is 6.04 Å². The largest absolute Gasteiger partial charge is 0.467 e. The molecule has 1 unspecified atom stereocenters. The zero-order valence-electron chi connectivity index (χ0n) is 9.01. The monoisotopic (exact) mass is 223 g/mol. The molecule has 0 bridgehead atoms. The van der Waals surface area contributed by atoms with Gasteiger partial charge < -0.3 is 14.1 Å². The summed E-state index contributed by atoms with van der Waals surface area (Å²) in [6.07, 6.45) is 2.45. The maximum Gasteiger partial charge on any atom is 0.328 e. The lowest BCUT2D eigenvalue weighted by atomic mass is 10.2. The molecular formula is C11H13NO4. The number of amides is 1.